The molecule has 2 saturated heterocycles. The van der Waals surface area contributed by atoms with Gasteiger partial charge in [0, 0.05) is 6.92 Å². The SMILES string of the molecule is CC(=O)N[C@H]1[C@H](Oc2ccccc2Cl)O[C@@H]2COC(C)(C)O[C@H]2[C@@H]1O. The van der Waals surface area contributed by atoms with E-state index in [0.717, 1.165) is 0 Å². The molecular weight excluding hydrogens is 350 g/mol. The molecule has 0 radical (unpaired) electrons. The second kappa shape index (κ2) is 7.09. The number of fused-ring (bicyclic) bond motifs is 1. The van der Waals surface area contributed by atoms with E-state index in [0.29, 0.717) is 10.8 Å². The van der Waals surface area contributed by atoms with Crippen LogP contribution in [0, 0.1) is 0 Å². The molecule has 2 aliphatic rings. The van der Waals surface area contributed by atoms with Gasteiger partial charge in [-0.15, -0.1) is 0 Å². The second-order valence-electron chi connectivity index (χ2n) is 6.60. The largest absolute Gasteiger partial charge is 0.461 e. The summed E-state index contributed by atoms with van der Waals surface area (Å²) in [5.41, 5.74) is 0. The highest BCUT2D eigenvalue weighted by Gasteiger charge is 2.52. The molecule has 0 aromatic heterocycles. The molecule has 2 fully saturated rings. The summed E-state index contributed by atoms with van der Waals surface area (Å²) >= 11 is 6.13. The number of hydrogen-bond donors (Lipinski definition) is 2. The highest BCUT2D eigenvalue weighted by Crippen LogP contribution is 2.34. The highest BCUT2D eigenvalue weighted by molar-refractivity contribution is 6.32. The average molecular weight is 372 g/mol. The van der Waals surface area contributed by atoms with Crippen molar-refractivity contribution in [1.82, 2.24) is 5.32 Å². The van der Waals surface area contributed by atoms with Gasteiger partial charge in [-0.3, -0.25) is 4.79 Å². The van der Waals surface area contributed by atoms with Crippen molar-refractivity contribution < 1.29 is 28.8 Å². The van der Waals surface area contributed by atoms with Crippen molar-refractivity contribution in [2.75, 3.05) is 6.61 Å². The number of carbonyl (C=O) groups is 1. The molecule has 0 saturated carbocycles. The smallest absolute Gasteiger partial charge is 0.223 e. The first-order chi connectivity index (χ1) is 11.8. The number of rotatable bonds is 3. The van der Waals surface area contributed by atoms with Crippen LogP contribution in [0.1, 0.15) is 20.8 Å². The molecule has 2 aliphatic heterocycles. The van der Waals surface area contributed by atoms with Crippen LogP contribution in [0.15, 0.2) is 24.3 Å². The van der Waals surface area contributed by atoms with Gasteiger partial charge in [-0.05, 0) is 26.0 Å². The molecule has 7 nitrogen and oxygen atoms in total. The van der Waals surface area contributed by atoms with Gasteiger partial charge in [-0.25, -0.2) is 0 Å². The Hall–Kier alpha value is -1.38. The lowest BCUT2D eigenvalue weighted by molar-refractivity contribution is -0.361. The summed E-state index contributed by atoms with van der Waals surface area (Å²) < 4.78 is 23.1. The van der Waals surface area contributed by atoms with Gasteiger partial charge in [0.1, 0.15) is 30.1 Å². The first-order valence-electron chi connectivity index (χ1n) is 8.10. The molecule has 0 unspecified atom stereocenters. The van der Waals surface area contributed by atoms with E-state index < -0.39 is 36.4 Å². The number of benzene rings is 1. The summed E-state index contributed by atoms with van der Waals surface area (Å²) in [7, 11) is 0. The first-order valence-corrected chi connectivity index (χ1v) is 8.48. The molecule has 2 N–H and O–H groups in total. The number of carbonyl (C=O) groups excluding carboxylic acids is 1. The summed E-state index contributed by atoms with van der Waals surface area (Å²) in [6.07, 6.45) is -3.14. The van der Waals surface area contributed by atoms with Gasteiger partial charge in [0.2, 0.25) is 12.2 Å². The van der Waals surface area contributed by atoms with Crippen molar-refractivity contribution in [2.24, 2.45) is 0 Å². The van der Waals surface area contributed by atoms with E-state index in [9.17, 15) is 9.90 Å². The third kappa shape index (κ3) is 4.07. The number of para-hydroxylation sites is 1. The molecular formula is C17H22ClNO6. The average Bonchev–Trinajstić information content (AvgIpc) is 2.53. The Kier molecular flexibility index (Phi) is 5.22. The predicted molar refractivity (Wildman–Crippen MR) is 89.3 cm³/mol. The second-order valence-corrected chi connectivity index (χ2v) is 7.01. The predicted octanol–water partition coefficient (Wildman–Crippen LogP) is 1.46. The Morgan fingerprint density at radius 3 is 2.80 bits per heavy atom. The van der Waals surface area contributed by atoms with Gasteiger partial charge >= 0.3 is 0 Å². The van der Waals surface area contributed by atoms with E-state index in [1.807, 2.05) is 0 Å². The first kappa shape index (κ1) is 18.4. The van der Waals surface area contributed by atoms with Gasteiger partial charge in [-0.1, -0.05) is 23.7 Å². The number of aliphatic hydroxyl groups excluding tert-OH is 1. The van der Waals surface area contributed by atoms with Crippen molar-refractivity contribution in [3.8, 4) is 5.75 Å². The minimum atomic E-state index is -1.03. The minimum Gasteiger partial charge on any atom is -0.461 e. The molecule has 1 aromatic rings. The lowest BCUT2D eigenvalue weighted by Crippen LogP contribution is -2.69. The van der Waals surface area contributed by atoms with Gasteiger partial charge in [-0.2, -0.15) is 0 Å². The number of halogens is 1. The molecule has 3 rings (SSSR count). The quantitative estimate of drug-likeness (QED) is 0.836. The van der Waals surface area contributed by atoms with Crippen LogP contribution >= 0.6 is 11.6 Å². The van der Waals surface area contributed by atoms with Crippen LogP contribution in [0.3, 0.4) is 0 Å². The number of hydrogen-bond acceptors (Lipinski definition) is 6. The van der Waals surface area contributed by atoms with Crippen molar-refractivity contribution in [3.63, 3.8) is 0 Å². The lowest BCUT2D eigenvalue weighted by Gasteiger charge is -2.49. The summed E-state index contributed by atoms with van der Waals surface area (Å²) in [5.74, 6) is -0.763. The molecule has 0 spiro atoms. The van der Waals surface area contributed by atoms with Crippen LogP contribution in [0.5, 0.6) is 5.75 Å². The van der Waals surface area contributed by atoms with Crippen LogP contribution in [0.2, 0.25) is 5.02 Å². The third-order valence-corrected chi connectivity index (χ3v) is 4.45. The lowest BCUT2D eigenvalue weighted by atomic mass is 9.95. The zero-order chi connectivity index (χ0) is 18.2. The Bertz CT molecular complexity index is 639. The van der Waals surface area contributed by atoms with E-state index in [1.54, 1.807) is 38.1 Å². The van der Waals surface area contributed by atoms with Crippen molar-refractivity contribution in [1.29, 1.82) is 0 Å². The Labute approximate surface area is 151 Å². The van der Waals surface area contributed by atoms with E-state index >= 15 is 0 Å². The van der Waals surface area contributed by atoms with Gasteiger partial charge in [0.25, 0.3) is 0 Å². The normalized spacial score (nSPS) is 34.0. The monoisotopic (exact) mass is 371 g/mol. The fourth-order valence-electron chi connectivity index (χ4n) is 3.00. The molecule has 25 heavy (non-hydrogen) atoms. The maximum absolute atomic E-state index is 11.6. The van der Waals surface area contributed by atoms with Gasteiger partial charge < -0.3 is 29.4 Å². The van der Waals surface area contributed by atoms with Crippen molar-refractivity contribution in [2.45, 2.75) is 57.2 Å². The zero-order valence-corrected chi connectivity index (χ0v) is 15.0. The maximum Gasteiger partial charge on any atom is 0.223 e. The van der Waals surface area contributed by atoms with E-state index in [-0.39, 0.29) is 12.5 Å². The molecule has 2 heterocycles. The molecule has 0 bridgehead atoms. The summed E-state index contributed by atoms with van der Waals surface area (Å²) in [6.45, 7) is 5.12. The standard InChI is InChI=1S/C17H22ClNO6/c1-9(20)19-13-14(21)15-12(8-22-17(2,3)25-15)24-16(13)23-11-7-5-4-6-10(11)18/h4-7,12-16,21H,8H2,1-3H3,(H,19,20)/t12-,13-,14-,15-,16-/m1/s1. The zero-order valence-electron chi connectivity index (χ0n) is 14.3. The third-order valence-electron chi connectivity index (χ3n) is 4.14. The van der Waals surface area contributed by atoms with Crippen LogP contribution in [0.4, 0.5) is 0 Å². The van der Waals surface area contributed by atoms with Gasteiger partial charge in [0.05, 0.1) is 11.6 Å². The molecule has 1 amide bonds. The molecule has 1 aromatic carbocycles. The molecule has 8 heteroatoms. The fourth-order valence-corrected chi connectivity index (χ4v) is 3.18. The van der Waals surface area contributed by atoms with E-state index in [4.69, 9.17) is 30.5 Å². The van der Waals surface area contributed by atoms with E-state index in [2.05, 4.69) is 5.32 Å². The van der Waals surface area contributed by atoms with E-state index in [1.165, 1.54) is 6.92 Å². The molecule has 0 aliphatic carbocycles. The van der Waals surface area contributed by atoms with Crippen molar-refractivity contribution in [3.05, 3.63) is 29.3 Å². The fraction of sp³-hybridized carbons (Fsp3) is 0.588. The Morgan fingerprint density at radius 2 is 2.12 bits per heavy atom. The topological polar surface area (TPSA) is 86.3 Å². The van der Waals surface area contributed by atoms with Crippen LogP contribution < -0.4 is 10.1 Å². The van der Waals surface area contributed by atoms with Gasteiger partial charge in [0.15, 0.2) is 5.79 Å². The number of amides is 1. The summed E-state index contributed by atoms with van der Waals surface area (Å²) in [4.78, 5) is 11.6. The molecule has 138 valence electrons. The summed E-state index contributed by atoms with van der Waals surface area (Å²) in [6, 6.07) is 6.10. The number of ether oxygens (including phenoxy) is 4. The van der Waals surface area contributed by atoms with Crippen molar-refractivity contribution >= 4 is 17.5 Å². The summed E-state index contributed by atoms with van der Waals surface area (Å²) in [5, 5.41) is 13.9. The van der Waals surface area contributed by atoms with Crippen LogP contribution in [0.25, 0.3) is 0 Å². The number of nitrogens with one attached hydrogen (secondary N) is 1. The maximum atomic E-state index is 11.6. The minimum absolute atomic E-state index is 0.240. The molecule has 5 atom stereocenters. The Balaban J connectivity index is 1.83. The Morgan fingerprint density at radius 1 is 1.40 bits per heavy atom. The highest BCUT2D eigenvalue weighted by atomic mass is 35.5. The van der Waals surface area contributed by atoms with Crippen LogP contribution in [-0.4, -0.2) is 54.1 Å². The van der Waals surface area contributed by atoms with Crippen LogP contribution in [-0.2, 0) is 19.0 Å². The number of aliphatic hydroxyl groups is 1.